The molecule has 1 aliphatic rings. The fourth-order valence-electron chi connectivity index (χ4n) is 3.05. The molecule has 1 amide bonds. The zero-order valence-electron chi connectivity index (χ0n) is 23.4. The quantitative estimate of drug-likeness (QED) is 0.135. The van der Waals surface area contributed by atoms with Crippen molar-refractivity contribution in [2.45, 2.75) is 66.3 Å². The van der Waals surface area contributed by atoms with Crippen LogP contribution in [0.15, 0.2) is 58.6 Å². The number of thioether (sulfide) groups is 1. The molecule has 0 atom stereocenters. The molecule has 1 heterocycles. The van der Waals surface area contributed by atoms with E-state index in [-0.39, 0.29) is 0 Å². The van der Waals surface area contributed by atoms with E-state index in [0.29, 0.717) is 10.00 Å². The van der Waals surface area contributed by atoms with Gasteiger partial charge in [-0.15, -0.1) is 6.58 Å². The number of carbonyl (C=O) groups is 2. The second-order valence-electron chi connectivity index (χ2n) is 8.00. The van der Waals surface area contributed by atoms with Crippen molar-refractivity contribution in [1.82, 2.24) is 5.32 Å². The number of primary amides is 1. The van der Waals surface area contributed by atoms with Gasteiger partial charge in [-0.1, -0.05) is 38.1 Å². The molecule has 37 heavy (non-hydrogen) atoms. The zero-order chi connectivity index (χ0) is 28.5. The summed E-state index contributed by atoms with van der Waals surface area (Å²) in [5.74, 6) is 1.11. The smallest absolute Gasteiger partial charge is 0.255 e. The molecule has 2 rings (SSSR count). The minimum Gasteiger partial charge on any atom is -0.450 e. The standard InChI is InChI=1S/C23H34N2O3S.C4H8.CH4O.CH2O/c1-4-17(3)23(29-21(5-2)22(24)26)28-20-8-6-19(7-9-20)16-25-13-10-18-11-14-27-15-12-18;1-3-4-2;2*1-2/h5-9,18,25H,4,10-16H2,1-3H3,(H2,24,26);3H,1,4H2,2H3;2H,1H3;1H2/b21-5-,23-17?;;;. The number of hydrogen-bond acceptors (Lipinski definition) is 7. The number of ether oxygens (including phenoxy) is 2. The number of rotatable bonds is 12. The van der Waals surface area contributed by atoms with Crippen LogP contribution in [0.25, 0.3) is 0 Å². The lowest BCUT2D eigenvalue weighted by molar-refractivity contribution is -0.113. The first-order valence-corrected chi connectivity index (χ1v) is 13.5. The number of amides is 1. The van der Waals surface area contributed by atoms with Crippen LogP contribution < -0.4 is 15.8 Å². The van der Waals surface area contributed by atoms with Gasteiger partial charge in [0.15, 0.2) is 5.09 Å². The molecule has 0 spiro atoms. The molecule has 0 unspecified atom stereocenters. The van der Waals surface area contributed by atoms with Gasteiger partial charge < -0.3 is 30.4 Å². The van der Waals surface area contributed by atoms with Crippen molar-refractivity contribution in [3.63, 3.8) is 0 Å². The van der Waals surface area contributed by atoms with Crippen LogP contribution in [0, 0.1) is 5.92 Å². The van der Waals surface area contributed by atoms with Crippen molar-refractivity contribution in [1.29, 1.82) is 0 Å². The van der Waals surface area contributed by atoms with Gasteiger partial charge in [-0.25, -0.2) is 0 Å². The molecule has 0 radical (unpaired) electrons. The minimum absolute atomic E-state index is 0.440. The van der Waals surface area contributed by atoms with E-state index < -0.39 is 5.91 Å². The first-order chi connectivity index (χ1) is 17.9. The predicted molar refractivity (Wildman–Crippen MR) is 156 cm³/mol. The Bertz CT molecular complexity index is 788. The SMILES string of the molecule is C/C=C(\SC(Oc1ccc(CNCCC2CCOCC2)cc1)=C(C)CC)C(N)=O.C=CCC.C=O.CO. The molecule has 1 saturated heterocycles. The Balaban J connectivity index is 0. The molecular formula is C29H48N2O5S. The van der Waals surface area contributed by atoms with Crippen LogP contribution in [-0.2, 0) is 20.9 Å². The summed E-state index contributed by atoms with van der Waals surface area (Å²) in [4.78, 5) is 20.0. The van der Waals surface area contributed by atoms with Crippen molar-refractivity contribution in [3.8, 4) is 5.75 Å². The van der Waals surface area contributed by atoms with Gasteiger partial charge in [0.2, 0.25) is 0 Å². The van der Waals surface area contributed by atoms with Crippen molar-refractivity contribution < 1.29 is 24.2 Å². The molecule has 1 aliphatic heterocycles. The lowest BCUT2D eigenvalue weighted by Gasteiger charge is -2.21. The van der Waals surface area contributed by atoms with Crippen LogP contribution in [0.1, 0.15) is 65.4 Å². The molecule has 4 N–H and O–H groups in total. The van der Waals surface area contributed by atoms with Gasteiger partial charge in [-0.05, 0) is 93.4 Å². The predicted octanol–water partition coefficient (Wildman–Crippen LogP) is 5.74. The van der Waals surface area contributed by atoms with E-state index in [2.05, 4.69) is 37.9 Å². The van der Waals surface area contributed by atoms with E-state index in [4.69, 9.17) is 25.1 Å². The number of nitrogens with one attached hydrogen (secondary N) is 1. The van der Waals surface area contributed by atoms with Crippen molar-refractivity contribution in [3.05, 3.63) is 64.1 Å². The normalized spacial score (nSPS) is 13.8. The van der Waals surface area contributed by atoms with Gasteiger partial charge in [0.05, 0.1) is 4.91 Å². The summed E-state index contributed by atoms with van der Waals surface area (Å²) in [5, 5.41) is 11.2. The number of hydrogen-bond donors (Lipinski definition) is 3. The van der Waals surface area contributed by atoms with Gasteiger partial charge >= 0.3 is 0 Å². The monoisotopic (exact) mass is 536 g/mol. The summed E-state index contributed by atoms with van der Waals surface area (Å²) in [6.07, 6.45) is 9.09. The molecule has 7 nitrogen and oxygen atoms in total. The summed E-state index contributed by atoms with van der Waals surface area (Å²) in [5.41, 5.74) is 7.74. The maximum Gasteiger partial charge on any atom is 0.255 e. The van der Waals surface area contributed by atoms with Gasteiger partial charge in [0, 0.05) is 26.9 Å². The summed E-state index contributed by atoms with van der Waals surface area (Å²) in [6, 6.07) is 8.09. The Kier molecular flexibility index (Phi) is 25.1. The van der Waals surface area contributed by atoms with Gasteiger partial charge in [0.1, 0.15) is 12.5 Å². The van der Waals surface area contributed by atoms with Crippen molar-refractivity contribution >= 4 is 24.5 Å². The first-order valence-electron chi connectivity index (χ1n) is 12.7. The van der Waals surface area contributed by atoms with Crippen molar-refractivity contribution in [2.24, 2.45) is 11.7 Å². The first kappa shape index (κ1) is 36.8. The van der Waals surface area contributed by atoms with Crippen LogP contribution in [0.4, 0.5) is 0 Å². The lowest BCUT2D eigenvalue weighted by Crippen LogP contribution is -2.22. The highest BCUT2D eigenvalue weighted by Gasteiger charge is 2.14. The molecule has 0 aromatic heterocycles. The third-order valence-electron chi connectivity index (χ3n) is 5.41. The molecule has 8 heteroatoms. The van der Waals surface area contributed by atoms with Crippen LogP contribution in [0.3, 0.4) is 0 Å². The Morgan fingerprint density at radius 2 is 1.78 bits per heavy atom. The Morgan fingerprint density at radius 3 is 2.24 bits per heavy atom. The molecule has 1 aromatic carbocycles. The van der Waals surface area contributed by atoms with Crippen LogP contribution in [0.5, 0.6) is 5.75 Å². The van der Waals surface area contributed by atoms with Crippen LogP contribution in [0.2, 0.25) is 0 Å². The van der Waals surface area contributed by atoms with Gasteiger partial charge in [-0.3, -0.25) is 4.79 Å². The van der Waals surface area contributed by atoms with Gasteiger partial charge in [-0.2, -0.15) is 0 Å². The number of nitrogens with two attached hydrogens (primary N) is 1. The lowest BCUT2D eigenvalue weighted by atomic mass is 9.97. The highest BCUT2D eigenvalue weighted by Crippen LogP contribution is 2.31. The Labute approximate surface area is 228 Å². The second kappa shape index (κ2) is 25.3. The van der Waals surface area contributed by atoms with E-state index in [9.17, 15) is 4.79 Å². The fourth-order valence-corrected chi connectivity index (χ4v) is 3.92. The summed E-state index contributed by atoms with van der Waals surface area (Å²) < 4.78 is 11.5. The zero-order valence-corrected chi connectivity index (χ0v) is 24.2. The minimum atomic E-state index is -0.440. The molecule has 210 valence electrons. The second-order valence-corrected chi connectivity index (χ2v) is 9.02. The number of aliphatic hydroxyl groups is 1. The molecule has 1 aromatic rings. The molecular weight excluding hydrogens is 488 g/mol. The van der Waals surface area contributed by atoms with Crippen LogP contribution >= 0.6 is 11.8 Å². The number of benzene rings is 1. The van der Waals surface area contributed by atoms with E-state index in [1.165, 1.54) is 36.6 Å². The summed E-state index contributed by atoms with van der Waals surface area (Å²) >= 11 is 1.28. The third kappa shape index (κ3) is 17.7. The highest BCUT2D eigenvalue weighted by molar-refractivity contribution is 8.07. The Hall–Kier alpha value is -2.39. The average molecular weight is 537 g/mol. The summed E-state index contributed by atoms with van der Waals surface area (Å²) in [6.45, 7) is 17.1. The van der Waals surface area contributed by atoms with E-state index in [1.807, 2.05) is 31.9 Å². The highest BCUT2D eigenvalue weighted by atomic mass is 32.2. The molecule has 0 aliphatic carbocycles. The van der Waals surface area contributed by atoms with Crippen molar-refractivity contribution in [2.75, 3.05) is 26.9 Å². The maximum absolute atomic E-state index is 11.5. The topological polar surface area (TPSA) is 111 Å². The van der Waals surface area contributed by atoms with Crippen LogP contribution in [-0.4, -0.2) is 44.7 Å². The number of carbonyl (C=O) groups excluding carboxylic acids is 2. The van der Waals surface area contributed by atoms with E-state index >= 15 is 0 Å². The average Bonchev–Trinajstić information content (AvgIpc) is 2.96. The summed E-state index contributed by atoms with van der Waals surface area (Å²) in [7, 11) is 1.00. The molecule has 1 fully saturated rings. The van der Waals surface area contributed by atoms with E-state index in [0.717, 1.165) is 63.5 Å². The fraction of sp³-hybridized carbons (Fsp3) is 0.517. The van der Waals surface area contributed by atoms with E-state index in [1.54, 1.807) is 13.0 Å². The largest absolute Gasteiger partial charge is 0.450 e. The maximum atomic E-state index is 11.5. The third-order valence-corrected chi connectivity index (χ3v) is 6.68. The molecule has 0 bridgehead atoms. The Morgan fingerprint density at radius 1 is 1.22 bits per heavy atom. The van der Waals surface area contributed by atoms with Gasteiger partial charge in [0.25, 0.3) is 5.91 Å². The number of aliphatic hydroxyl groups excluding tert-OH is 1. The number of allylic oxidation sites excluding steroid dienone is 3. The molecule has 0 saturated carbocycles.